The van der Waals surface area contributed by atoms with E-state index in [2.05, 4.69) is 0 Å². The molecule has 2 aliphatic heterocycles. The zero-order chi connectivity index (χ0) is 25.2. The normalized spacial score (nSPS) is 22.4. The molecule has 0 bridgehead atoms. The first kappa shape index (κ1) is 24.2. The number of carbonyl (C=O) groups excluding carboxylic acids is 3. The van der Waals surface area contributed by atoms with Crippen LogP contribution in [-0.4, -0.2) is 76.0 Å². The molecule has 10 heteroatoms. The van der Waals surface area contributed by atoms with Gasteiger partial charge < -0.3 is 14.7 Å². The fourth-order valence-corrected chi connectivity index (χ4v) is 6.39. The molecule has 2 fully saturated rings. The molecule has 0 spiro atoms. The highest BCUT2D eigenvalue weighted by Gasteiger charge is 2.50. The largest absolute Gasteiger partial charge is 0.365 e. The summed E-state index contributed by atoms with van der Waals surface area (Å²) in [4.78, 5) is 56.8. The summed E-state index contributed by atoms with van der Waals surface area (Å²) in [6, 6.07) is 12.1. The third-order valence-electron chi connectivity index (χ3n) is 7.42. The summed E-state index contributed by atoms with van der Waals surface area (Å²) >= 11 is 1.40. The third-order valence-corrected chi connectivity index (χ3v) is 8.28. The van der Waals surface area contributed by atoms with Crippen LogP contribution < -0.4 is 0 Å². The van der Waals surface area contributed by atoms with E-state index in [1.165, 1.54) is 16.2 Å². The van der Waals surface area contributed by atoms with Gasteiger partial charge in [-0.05, 0) is 24.3 Å². The number of rotatable bonds is 6. The van der Waals surface area contributed by atoms with Crippen LogP contribution in [-0.2, 0) is 4.79 Å². The Kier molecular flexibility index (Phi) is 6.86. The van der Waals surface area contributed by atoms with Gasteiger partial charge in [0.25, 0.3) is 5.91 Å². The van der Waals surface area contributed by atoms with E-state index >= 15 is 0 Å². The highest BCUT2D eigenvalue weighted by atomic mass is 32.1. The molecule has 2 amide bonds. The minimum Gasteiger partial charge on any atom is -0.365 e. The van der Waals surface area contributed by atoms with Crippen molar-refractivity contribution in [2.75, 3.05) is 32.7 Å². The minimum absolute atomic E-state index is 0.0333. The van der Waals surface area contributed by atoms with Gasteiger partial charge in [0.1, 0.15) is 5.70 Å². The summed E-state index contributed by atoms with van der Waals surface area (Å²) < 4.78 is 0. The lowest BCUT2D eigenvalue weighted by Crippen LogP contribution is -2.58. The number of ketones is 1. The van der Waals surface area contributed by atoms with E-state index < -0.39 is 16.5 Å². The fraction of sp³-hybridized carbons (Fsp3) is 0.423. The maximum atomic E-state index is 13.6. The van der Waals surface area contributed by atoms with E-state index in [-0.39, 0.29) is 30.2 Å². The van der Waals surface area contributed by atoms with Crippen molar-refractivity contribution < 1.29 is 19.3 Å². The predicted octanol–water partition coefficient (Wildman–Crippen LogP) is 3.28. The number of nitrogens with zero attached hydrogens (tertiary/aromatic N) is 4. The molecule has 1 aromatic carbocycles. The number of thiophene rings is 1. The van der Waals surface area contributed by atoms with E-state index in [0.29, 0.717) is 48.7 Å². The molecule has 1 saturated heterocycles. The second-order valence-electron chi connectivity index (χ2n) is 9.43. The standard InChI is InChI=1S/C26H28N4O5S/c31-21(18-7-2-1-3-8-18)17-29-20-10-5-4-9-19(20)23(24(26(29)33)30(34)35)27-12-14-28(15-13-27)25(32)22-11-6-16-36-22/h1-3,6-8,11,16,19-20H,4-5,9-10,12-15,17H2. The average molecular weight is 509 g/mol. The second-order valence-corrected chi connectivity index (χ2v) is 10.4. The Bertz CT molecular complexity index is 1190. The highest BCUT2D eigenvalue weighted by molar-refractivity contribution is 7.12. The number of Topliss-reactive ketones (excluding diaryl/α,β-unsaturated/α-hetero) is 1. The van der Waals surface area contributed by atoms with Crippen LogP contribution in [0.5, 0.6) is 0 Å². The van der Waals surface area contributed by atoms with Crippen molar-refractivity contribution in [3.63, 3.8) is 0 Å². The molecule has 3 aliphatic rings. The maximum Gasteiger partial charge on any atom is 0.352 e. The lowest BCUT2D eigenvalue weighted by Gasteiger charge is -2.47. The highest BCUT2D eigenvalue weighted by Crippen LogP contribution is 2.41. The lowest BCUT2D eigenvalue weighted by molar-refractivity contribution is -0.424. The summed E-state index contributed by atoms with van der Waals surface area (Å²) in [5, 5.41) is 14.1. The topological polar surface area (TPSA) is 104 Å². The Balaban J connectivity index is 1.41. The molecular formula is C26H28N4O5S. The first-order valence-corrected chi connectivity index (χ1v) is 13.2. The molecular weight excluding hydrogens is 480 g/mol. The van der Waals surface area contributed by atoms with E-state index in [1.54, 1.807) is 35.2 Å². The van der Waals surface area contributed by atoms with E-state index in [1.807, 2.05) is 22.4 Å². The van der Waals surface area contributed by atoms with Crippen LogP contribution in [0.4, 0.5) is 0 Å². The van der Waals surface area contributed by atoms with Gasteiger partial charge in [0, 0.05) is 43.7 Å². The number of benzene rings is 1. The SMILES string of the molecule is O=C(CN1C(=O)C([N+](=O)[O-])=C(N2CCN(C(=O)c3cccs3)CC2)C2CCCCC21)c1ccccc1. The molecule has 1 aromatic heterocycles. The van der Waals surface area contributed by atoms with Crippen molar-refractivity contribution >= 4 is 28.9 Å². The van der Waals surface area contributed by atoms with Gasteiger partial charge in [0.15, 0.2) is 5.78 Å². The molecule has 2 unspecified atom stereocenters. The van der Waals surface area contributed by atoms with Crippen molar-refractivity contribution in [3.8, 4) is 0 Å². The number of nitro groups is 1. The Morgan fingerprint density at radius 1 is 1.00 bits per heavy atom. The molecule has 0 radical (unpaired) electrons. The van der Waals surface area contributed by atoms with Gasteiger partial charge in [-0.2, -0.15) is 0 Å². The zero-order valence-electron chi connectivity index (χ0n) is 19.9. The van der Waals surface area contributed by atoms with Gasteiger partial charge in [-0.1, -0.05) is 49.2 Å². The van der Waals surface area contributed by atoms with Crippen molar-refractivity contribution in [1.29, 1.82) is 0 Å². The predicted molar refractivity (Wildman–Crippen MR) is 134 cm³/mol. The summed E-state index contributed by atoms with van der Waals surface area (Å²) in [6.07, 6.45) is 3.27. The molecule has 0 N–H and O–H groups in total. The van der Waals surface area contributed by atoms with Gasteiger partial charge in [0.05, 0.1) is 16.3 Å². The lowest BCUT2D eigenvalue weighted by atomic mass is 9.77. The van der Waals surface area contributed by atoms with Crippen LogP contribution in [0.3, 0.4) is 0 Å². The van der Waals surface area contributed by atoms with Gasteiger partial charge in [-0.25, -0.2) is 0 Å². The van der Waals surface area contributed by atoms with Gasteiger partial charge in [0.2, 0.25) is 0 Å². The third kappa shape index (κ3) is 4.53. The zero-order valence-corrected chi connectivity index (χ0v) is 20.7. The first-order valence-electron chi connectivity index (χ1n) is 12.3. The van der Waals surface area contributed by atoms with Gasteiger partial charge in [-0.15, -0.1) is 11.3 Å². The van der Waals surface area contributed by atoms with Gasteiger partial charge >= 0.3 is 11.6 Å². The van der Waals surface area contributed by atoms with Crippen LogP contribution in [0.1, 0.15) is 45.7 Å². The Morgan fingerprint density at radius 2 is 1.72 bits per heavy atom. The van der Waals surface area contributed by atoms with Crippen molar-refractivity contribution in [2.45, 2.75) is 31.7 Å². The van der Waals surface area contributed by atoms with E-state index in [9.17, 15) is 24.5 Å². The average Bonchev–Trinajstić information content (AvgIpc) is 3.45. The number of carbonyl (C=O) groups is 3. The molecule has 188 valence electrons. The number of hydrogen-bond donors (Lipinski definition) is 0. The number of piperazine rings is 1. The van der Waals surface area contributed by atoms with E-state index in [4.69, 9.17) is 0 Å². The summed E-state index contributed by atoms with van der Waals surface area (Å²) in [7, 11) is 0. The van der Waals surface area contributed by atoms with Crippen molar-refractivity contribution in [1.82, 2.24) is 14.7 Å². The van der Waals surface area contributed by atoms with Crippen LogP contribution in [0, 0.1) is 16.0 Å². The monoisotopic (exact) mass is 508 g/mol. The Morgan fingerprint density at radius 3 is 2.39 bits per heavy atom. The molecule has 1 saturated carbocycles. The minimum atomic E-state index is -0.681. The Hall–Kier alpha value is -3.53. The van der Waals surface area contributed by atoms with Crippen LogP contribution in [0.25, 0.3) is 0 Å². The molecule has 5 rings (SSSR count). The van der Waals surface area contributed by atoms with E-state index in [0.717, 1.165) is 19.3 Å². The quantitative estimate of drug-likeness (QED) is 0.337. The number of hydrogen-bond acceptors (Lipinski definition) is 7. The Labute approximate surface area is 213 Å². The smallest absolute Gasteiger partial charge is 0.352 e. The molecule has 36 heavy (non-hydrogen) atoms. The summed E-state index contributed by atoms with van der Waals surface area (Å²) in [5.41, 5.74) is 0.556. The fourth-order valence-electron chi connectivity index (χ4n) is 5.70. The maximum absolute atomic E-state index is 13.6. The number of amides is 2. The molecule has 2 aromatic rings. The number of fused-ring (bicyclic) bond motifs is 1. The summed E-state index contributed by atoms with van der Waals surface area (Å²) in [5.74, 6) is -1.13. The molecule has 1 aliphatic carbocycles. The molecule has 2 atom stereocenters. The molecule has 3 heterocycles. The molecule has 9 nitrogen and oxygen atoms in total. The van der Waals surface area contributed by atoms with Crippen molar-refractivity contribution in [3.05, 3.63) is 79.8 Å². The van der Waals surface area contributed by atoms with Crippen LogP contribution >= 0.6 is 11.3 Å². The first-order chi connectivity index (χ1) is 17.5. The van der Waals surface area contributed by atoms with Crippen LogP contribution in [0.2, 0.25) is 0 Å². The van der Waals surface area contributed by atoms with Crippen LogP contribution in [0.15, 0.2) is 59.2 Å². The summed E-state index contributed by atoms with van der Waals surface area (Å²) in [6.45, 7) is 1.57. The van der Waals surface area contributed by atoms with Crippen molar-refractivity contribution in [2.24, 2.45) is 5.92 Å². The second kappa shape index (κ2) is 10.2. The van der Waals surface area contributed by atoms with Gasteiger partial charge in [-0.3, -0.25) is 24.5 Å².